The van der Waals surface area contributed by atoms with Crippen molar-refractivity contribution in [1.82, 2.24) is 0 Å². The van der Waals surface area contributed by atoms with Crippen molar-refractivity contribution in [3.05, 3.63) is 101 Å². The molecule has 0 saturated carbocycles. The minimum atomic E-state index is -1.11. The Labute approximate surface area is 189 Å². The predicted molar refractivity (Wildman–Crippen MR) is 120 cm³/mol. The Bertz CT molecular complexity index is 1250. The maximum Gasteiger partial charge on any atom is 0.300 e. The summed E-state index contributed by atoms with van der Waals surface area (Å²) in [6.07, 6.45) is -0.112. The van der Waals surface area contributed by atoms with Crippen molar-refractivity contribution in [3.8, 4) is 5.75 Å². The number of aliphatic hydroxyl groups is 1. The number of carbonyl (C=O) groups is 2. The minimum Gasteiger partial charge on any atom is -0.507 e. The number of halogens is 2. The minimum absolute atomic E-state index is 0.112. The van der Waals surface area contributed by atoms with Crippen molar-refractivity contribution in [2.75, 3.05) is 4.90 Å². The quantitative estimate of drug-likeness (QED) is 0.323. The van der Waals surface area contributed by atoms with Crippen LogP contribution in [0.15, 0.2) is 78.4 Å². The van der Waals surface area contributed by atoms with E-state index < -0.39 is 35.1 Å². The van der Waals surface area contributed by atoms with Crippen LogP contribution >= 0.6 is 0 Å². The van der Waals surface area contributed by atoms with Gasteiger partial charge < -0.3 is 9.84 Å². The number of aliphatic hydroxyl groups excluding tert-OH is 1. The van der Waals surface area contributed by atoms with Gasteiger partial charge in [0.15, 0.2) is 0 Å². The molecule has 1 heterocycles. The van der Waals surface area contributed by atoms with Crippen LogP contribution in [0.3, 0.4) is 0 Å². The van der Waals surface area contributed by atoms with Gasteiger partial charge in [-0.15, -0.1) is 0 Å². The largest absolute Gasteiger partial charge is 0.507 e. The van der Waals surface area contributed by atoms with E-state index in [1.54, 1.807) is 54.6 Å². The molecule has 7 heteroatoms. The first-order chi connectivity index (χ1) is 15.8. The van der Waals surface area contributed by atoms with Gasteiger partial charge in [0.1, 0.15) is 23.1 Å². The van der Waals surface area contributed by atoms with Gasteiger partial charge in [0.2, 0.25) is 0 Å². The molecule has 3 aromatic carbocycles. The SMILES string of the molecule is CC(C)Oc1cccc(/C(O)=C2\C(=O)C(=O)N(c3ccc(F)cc3F)C2c2ccccc2)c1. The Balaban J connectivity index is 1.91. The molecule has 4 rings (SSSR count). The van der Waals surface area contributed by atoms with Crippen LogP contribution in [0.5, 0.6) is 5.75 Å². The number of nitrogens with zero attached hydrogens (tertiary/aromatic N) is 1. The lowest BCUT2D eigenvalue weighted by atomic mass is 9.95. The fourth-order valence-corrected chi connectivity index (χ4v) is 3.85. The summed E-state index contributed by atoms with van der Waals surface area (Å²) in [5.41, 5.74) is 0.295. The fourth-order valence-electron chi connectivity index (χ4n) is 3.85. The molecule has 0 aliphatic carbocycles. The van der Waals surface area contributed by atoms with Crippen molar-refractivity contribution in [2.24, 2.45) is 0 Å². The van der Waals surface area contributed by atoms with Gasteiger partial charge in [-0.25, -0.2) is 8.78 Å². The number of rotatable bonds is 5. The van der Waals surface area contributed by atoms with E-state index in [-0.39, 0.29) is 22.9 Å². The zero-order valence-corrected chi connectivity index (χ0v) is 18.0. The molecule has 1 aliphatic rings. The van der Waals surface area contributed by atoms with E-state index >= 15 is 0 Å². The predicted octanol–water partition coefficient (Wildman–Crippen LogP) is 5.38. The molecule has 1 N–H and O–H groups in total. The number of hydrogen-bond donors (Lipinski definition) is 1. The first kappa shape index (κ1) is 22.2. The molecule has 3 aromatic rings. The summed E-state index contributed by atoms with van der Waals surface area (Å²) in [7, 11) is 0. The van der Waals surface area contributed by atoms with E-state index in [9.17, 15) is 23.5 Å². The molecule has 1 aliphatic heterocycles. The van der Waals surface area contributed by atoms with Gasteiger partial charge in [-0.05, 0) is 43.7 Å². The Hall–Kier alpha value is -4.00. The van der Waals surface area contributed by atoms with E-state index in [1.165, 1.54) is 0 Å². The number of ether oxygens (including phenoxy) is 1. The lowest BCUT2D eigenvalue weighted by Gasteiger charge is -2.25. The monoisotopic (exact) mass is 449 g/mol. The summed E-state index contributed by atoms with van der Waals surface area (Å²) in [5, 5.41) is 11.1. The number of amides is 1. The number of ketones is 1. The Kier molecular flexibility index (Phi) is 5.96. The summed E-state index contributed by atoms with van der Waals surface area (Å²) >= 11 is 0. The topological polar surface area (TPSA) is 66.8 Å². The van der Waals surface area contributed by atoms with Crippen LogP contribution in [0.1, 0.15) is 31.0 Å². The molecular formula is C26H21F2NO4. The third-order valence-electron chi connectivity index (χ3n) is 5.21. The second-order valence-electron chi connectivity index (χ2n) is 7.87. The Morgan fingerprint density at radius 3 is 2.36 bits per heavy atom. The molecule has 1 atom stereocenters. The van der Waals surface area contributed by atoms with Gasteiger partial charge in [0.25, 0.3) is 11.7 Å². The summed E-state index contributed by atoms with van der Waals surface area (Å²) in [5.74, 6) is -3.74. The first-order valence-corrected chi connectivity index (χ1v) is 10.4. The molecule has 0 aromatic heterocycles. The van der Waals surface area contributed by atoms with Crippen LogP contribution in [0.2, 0.25) is 0 Å². The van der Waals surface area contributed by atoms with Gasteiger partial charge >= 0.3 is 0 Å². The average molecular weight is 449 g/mol. The maximum atomic E-state index is 14.7. The van der Waals surface area contributed by atoms with Crippen molar-refractivity contribution >= 4 is 23.1 Å². The van der Waals surface area contributed by atoms with E-state index in [1.807, 2.05) is 13.8 Å². The van der Waals surface area contributed by atoms with Crippen LogP contribution < -0.4 is 9.64 Å². The molecule has 1 fully saturated rings. The zero-order valence-electron chi connectivity index (χ0n) is 18.0. The van der Waals surface area contributed by atoms with Gasteiger partial charge in [-0.3, -0.25) is 14.5 Å². The lowest BCUT2D eigenvalue weighted by molar-refractivity contribution is -0.132. The lowest BCUT2D eigenvalue weighted by Crippen LogP contribution is -2.30. The molecule has 1 amide bonds. The molecular weight excluding hydrogens is 428 g/mol. The number of benzene rings is 3. The van der Waals surface area contributed by atoms with Crippen molar-refractivity contribution in [3.63, 3.8) is 0 Å². The second-order valence-corrected chi connectivity index (χ2v) is 7.87. The average Bonchev–Trinajstić information content (AvgIpc) is 3.04. The summed E-state index contributed by atoms with van der Waals surface area (Å²) in [6.45, 7) is 3.70. The number of carbonyl (C=O) groups excluding carboxylic acids is 2. The fraction of sp³-hybridized carbons (Fsp3) is 0.154. The molecule has 0 radical (unpaired) electrons. The molecule has 1 saturated heterocycles. The highest BCUT2D eigenvalue weighted by Crippen LogP contribution is 2.43. The van der Waals surface area contributed by atoms with Gasteiger partial charge in [-0.1, -0.05) is 42.5 Å². The standard InChI is InChI=1S/C26H21F2NO4/c1-15(2)33-19-10-6-9-17(13-19)24(30)22-23(16-7-4-3-5-8-16)29(26(32)25(22)31)21-12-11-18(27)14-20(21)28/h3-15,23,30H,1-2H3/b24-22+. The van der Waals surface area contributed by atoms with Crippen LogP contribution in [-0.4, -0.2) is 22.9 Å². The summed E-state index contributed by atoms with van der Waals surface area (Å²) < 4.78 is 33.9. The van der Waals surface area contributed by atoms with E-state index in [4.69, 9.17) is 4.74 Å². The Morgan fingerprint density at radius 1 is 0.970 bits per heavy atom. The van der Waals surface area contributed by atoms with Gasteiger partial charge in [0.05, 0.1) is 23.4 Å². The summed E-state index contributed by atoms with van der Waals surface area (Å²) in [6, 6.07) is 16.6. The number of anilines is 1. The third-order valence-corrected chi connectivity index (χ3v) is 5.21. The highest BCUT2D eigenvalue weighted by Gasteiger charge is 2.47. The number of hydrogen-bond acceptors (Lipinski definition) is 4. The molecule has 168 valence electrons. The van der Waals surface area contributed by atoms with Gasteiger partial charge in [0, 0.05) is 11.6 Å². The molecule has 1 unspecified atom stereocenters. The van der Waals surface area contributed by atoms with Crippen LogP contribution in [0.4, 0.5) is 14.5 Å². The summed E-state index contributed by atoms with van der Waals surface area (Å²) in [4.78, 5) is 27.1. The zero-order chi connectivity index (χ0) is 23.7. The van der Waals surface area contributed by atoms with Crippen molar-refractivity contribution in [1.29, 1.82) is 0 Å². The highest BCUT2D eigenvalue weighted by molar-refractivity contribution is 6.51. The molecule has 0 bridgehead atoms. The van der Waals surface area contributed by atoms with Gasteiger partial charge in [-0.2, -0.15) is 0 Å². The van der Waals surface area contributed by atoms with Crippen LogP contribution in [0.25, 0.3) is 5.76 Å². The maximum absolute atomic E-state index is 14.7. The molecule has 5 nitrogen and oxygen atoms in total. The smallest absolute Gasteiger partial charge is 0.300 e. The van der Waals surface area contributed by atoms with Crippen LogP contribution in [-0.2, 0) is 9.59 Å². The van der Waals surface area contributed by atoms with E-state index in [2.05, 4.69) is 0 Å². The normalized spacial score (nSPS) is 17.6. The van der Waals surface area contributed by atoms with E-state index in [0.29, 0.717) is 17.4 Å². The van der Waals surface area contributed by atoms with E-state index in [0.717, 1.165) is 17.0 Å². The van der Waals surface area contributed by atoms with Crippen molar-refractivity contribution in [2.45, 2.75) is 26.0 Å². The van der Waals surface area contributed by atoms with Crippen LogP contribution in [0, 0.1) is 11.6 Å². The highest BCUT2D eigenvalue weighted by atomic mass is 19.1. The Morgan fingerprint density at radius 2 is 1.70 bits per heavy atom. The third kappa shape index (κ3) is 4.22. The second kappa shape index (κ2) is 8.86. The van der Waals surface area contributed by atoms with Crippen molar-refractivity contribution < 1.29 is 28.2 Å². The number of Topliss-reactive ketones (excluding diaryl/α,β-unsaturated/α-hetero) is 1. The first-order valence-electron chi connectivity index (χ1n) is 10.4. The molecule has 33 heavy (non-hydrogen) atoms. The molecule has 0 spiro atoms.